The molecule has 6 heteroatoms. The third-order valence-corrected chi connectivity index (χ3v) is 2.32. The number of nitrogens with zero attached hydrogens (tertiary/aromatic N) is 2. The maximum absolute atomic E-state index is 11.7. The number of ether oxygens (including phenoxy) is 1. The van der Waals surface area contributed by atoms with Crippen LogP contribution in [-0.4, -0.2) is 15.4 Å². The third-order valence-electron chi connectivity index (χ3n) is 2.10. The van der Waals surface area contributed by atoms with E-state index < -0.39 is 5.97 Å². The van der Waals surface area contributed by atoms with Gasteiger partial charge in [0.05, 0.1) is 10.7 Å². The van der Waals surface area contributed by atoms with Crippen molar-refractivity contribution in [3.63, 3.8) is 0 Å². The lowest BCUT2D eigenvalue weighted by Crippen LogP contribution is -2.16. The van der Waals surface area contributed by atoms with E-state index in [9.17, 15) is 9.59 Å². The minimum atomic E-state index is -0.414. The monoisotopic (exact) mass is 252 g/mol. The number of hydrogen-bond donors (Lipinski definition) is 0. The van der Waals surface area contributed by atoms with Crippen LogP contribution in [0.2, 0.25) is 5.02 Å². The van der Waals surface area contributed by atoms with E-state index in [1.54, 1.807) is 12.1 Å². The average Bonchev–Trinajstić information content (AvgIpc) is 2.27. The number of pyridine rings is 1. The maximum atomic E-state index is 11.7. The summed E-state index contributed by atoms with van der Waals surface area (Å²) in [5, 5.41) is 0.453. The normalized spacial score (nSPS) is 10.5. The van der Waals surface area contributed by atoms with Crippen molar-refractivity contribution in [2.45, 2.75) is 13.5 Å². The molecule has 2 aromatic heterocycles. The molecule has 0 spiro atoms. The van der Waals surface area contributed by atoms with Crippen molar-refractivity contribution >= 4 is 23.2 Å². The van der Waals surface area contributed by atoms with Crippen LogP contribution in [0.3, 0.4) is 0 Å². The van der Waals surface area contributed by atoms with Gasteiger partial charge in [-0.1, -0.05) is 11.6 Å². The van der Waals surface area contributed by atoms with E-state index in [4.69, 9.17) is 16.3 Å². The zero-order valence-corrected chi connectivity index (χ0v) is 9.77. The fourth-order valence-electron chi connectivity index (χ4n) is 1.38. The van der Waals surface area contributed by atoms with Crippen LogP contribution in [0.5, 0.6) is 0 Å². The lowest BCUT2D eigenvalue weighted by molar-refractivity contribution is -0.142. The first kappa shape index (κ1) is 11.6. The Labute approximate surface area is 102 Å². The highest BCUT2D eigenvalue weighted by atomic mass is 35.5. The third kappa shape index (κ3) is 2.62. The van der Waals surface area contributed by atoms with Crippen molar-refractivity contribution in [3.05, 3.63) is 45.5 Å². The quantitative estimate of drug-likeness (QED) is 0.759. The summed E-state index contributed by atoms with van der Waals surface area (Å²) in [5.41, 5.74) is 0.608. The van der Waals surface area contributed by atoms with Crippen molar-refractivity contribution < 1.29 is 9.53 Å². The van der Waals surface area contributed by atoms with E-state index in [1.165, 1.54) is 23.6 Å². The second-order valence-electron chi connectivity index (χ2n) is 3.44. The summed E-state index contributed by atoms with van der Waals surface area (Å²) in [5.74, 6) is -0.414. The number of halogens is 1. The Morgan fingerprint density at radius 1 is 1.53 bits per heavy atom. The van der Waals surface area contributed by atoms with Gasteiger partial charge in [0.25, 0.3) is 5.56 Å². The Balaban J connectivity index is 2.45. The number of hydrogen-bond acceptors (Lipinski definition) is 4. The summed E-state index contributed by atoms with van der Waals surface area (Å²) >= 11 is 5.78. The van der Waals surface area contributed by atoms with Crippen LogP contribution >= 0.6 is 11.6 Å². The second-order valence-corrected chi connectivity index (χ2v) is 3.88. The van der Waals surface area contributed by atoms with Gasteiger partial charge >= 0.3 is 5.97 Å². The van der Waals surface area contributed by atoms with Gasteiger partial charge < -0.3 is 4.74 Å². The first-order valence-electron chi connectivity index (χ1n) is 4.87. The Morgan fingerprint density at radius 3 is 3.00 bits per heavy atom. The molecule has 0 amide bonds. The second kappa shape index (κ2) is 4.55. The van der Waals surface area contributed by atoms with Gasteiger partial charge in [0, 0.05) is 19.2 Å². The van der Waals surface area contributed by atoms with Gasteiger partial charge in [-0.3, -0.25) is 14.0 Å². The van der Waals surface area contributed by atoms with E-state index in [-0.39, 0.29) is 12.2 Å². The van der Waals surface area contributed by atoms with Crippen LogP contribution in [0.25, 0.3) is 5.65 Å². The van der Waals surface area contributed by atoms with Crippen LogP contribution in [0, 0.1) is 0 Å². The number of esters is 1. The maximum Gasteiger partial charge on any atom is 0.303 e. The van der Waals surface area contributed by atoms with E-state index >= 15 is 0 Å². The molecule has 0 aliphatic heterocycles. The molecule has 2 heterocycles. The lowest BCUT2D eigenvalue weighted by Gasteiger charge is -2.04. The lowest BCUT2D eigenvalue weighted by atomic mass is 10.4. The summed E-state index contributed by atoms with van der Waals surface area (Å²) in [6.45, 7) is 1.29. The smallest absolute Gasteiger partial charge is 0.303 e. The predicted molar refractivity (Wildman–Crippen MR) is 61.9 cm³/mol. The minimum absolute atomic E-state index is 0.0102. The zero-order chi connectivity index (χ0) is 12.4. The Hall–Kier alpha value is -1.88. The van der Waals surface area contributed by atoms with Gasteiger partial charge in [0.2, 0.25) is 0 Å². The molecule has 0 aromatic carbocycles. The number of fused-ring (bicyclic) bond motifs is 1. The summed E-state index contributed by atoms with van der Waals surface area (Å²) in [6, 6.07) is 4.58. The molecule has 2 aromatic rings. The van der Waals surface area contributed by atoms with Gasteiger partial charge in [0.1, 0.15) is 12.3 Å². The highest BCUT2D eigenvalue weighted by Gasteiger charge is 2.04. The van der Waals surface area contributed by atoms with Crippen molar-refractivity contribution in [1.29, 1.82) is 0 Å². The summed E-state index contributed by atoms with van der Waals surface area (Å²) in [7, 11) is 0. The van der Waals surface area contributed by atoms with Crippen molar-refractivity contribution in [2.75, 3.05) is 0 Å². The van der Waals surface area contributed by atoms with Crippen molar-refractivity contribution in [2.24, 2.45) is 0 Å². The predicted octanol–water partition coefficient (Wildman–Crippen LogP) is 1.41. The van der Waals surface area contributed by atoms with Gasteiger partial charge in [-0.25, -0.2) is 4.98 Å². The standard InChI is InChI=1S/C11H9ClN2O3/c1-7(15)17-6-9-4-11(16)14-5-8(12)2-3-10(14)13-9/h2-5H,6H2,1H3. The number of rotatable bonds is 2. The molecule has 0 saturated carbocycles. The molecule has 0 aliphatic carbocycles. The van der Waals surface area contributed by atoms with Crippen LogP contribution in [0.15, 0.2) is 29.2 Å². The van der Waals surface area contributed by atoms with Crippen molar-refractivity contribution in [3.8, 4) is 0 Å². The van der Waals surface area contributed by atoms with Gasteiger partial charge in [-0.2, -0.15) is 0 Å². The zero-order valence-electron chi connectivity index (χ0n) is 9.01. The molecule has 88 valence electrons. The molecule has 0 radical (unpaired) electrons. The van der Waals surface area contributed by atoms with Crippen molar-refractivity contribution in [1.82, 2.24) is 9.38 Å². The average molecular weight is 253 g/mol. The molecule has 0 saturated heterocycles. The van der Waals surface area contributed by atoms with Gasteiger partial charge in [-0.05, 0) is 12.1 Å². The van der Waals surface area contributed by atoms with E-state index in [2.05, 4.69) is 4.98 Å². The fourth-order valence-corrected chi connectivity index (χ4v) is 1.54. The summed E-state index contributed by atoms with van der Waals surface area (Å²) in [4.78, 5) is 26.6. The Bertz CT molecular complexity index is 636. The molecular formula is C11H9ClN2O3. The van der Waals surface area contributed by atoms with Crippen LogP contribution < -0.4 is 5.56 Å². The van der Waals surface area contributed by atoms with E-state index in [0.717, 1.165) is 0 Å². The van der Waals surface area contributed by atoms with Crippen LogP contribution in [-0.2, 0) is 16.1 Å². The largest absolute Gasteiger partial charge is 0.459 e. The fraction of sp³-hybridized carbons (Fsp3) is 0.182. The number of carbonyl (C=O) groups excluding carboxylic acids is 1. The topological polar surface area (TPSA) is 60.7 Å². The molecule has 0 bridgehead atoms. The summed E-state index contributed by atoms with van der Waals surface area (Å²) in [6.07, 6.45) is 1.49. The first-order valence-corrected chi connectivity index (χ1v) is 5.25. The highest BCUT2D eigenvalue weighted by molar-refractivity contribution is 6.30. The molecule has 0 aliphatic rings. The number of carbonyl (C=O) groups is 1. The van der Waals surface area contributed by atoms with Gasteiger partial charge in [0.15, 0.2) is 0 Å². The molecule has 5 nitrogen and oxygen atoms in total. The molecule has 0 fully saturated rings. The molecular weight excluding hydrogens is 244 g/mol. The Kier molecular flexibility index (Phi) is 3.10. The summed E-state index contributed by atoms with van der Waals surface area (Å²) < 4.78 is 6.11. The van der Waals surface area contributed by atoms with Gasteiger partial charge in [-0.15, -0.1) is 0 Å². The van der Waals surface area contributed by atoms with E-state index in [0.29, 0.717) is 16.4 Å². The molecule has 0 N–H and O–H groups in total. The SMILES string of the molecule is CC(=O)OCc1cc(=O)n2cc(Cl)ccc2n1. The molecule has 0 atom stereocenters. The number of aromatic nitrogens is 2. The molecule has 0 unspecified atom stereocenters. The van der Waals surface area contributed by atoms with Crippen LogP contribution in [0.1, 0.15) is 12.6 Å². The van der Waals surface area contributed by atoms with E-state index in [1.807, 2.05) is 0 Å². The van der Waals surface area contributed by atoms with Crippen LogP contribution in [0.4, 0.5) is 0 Å². The highest BCUT2D eigenvalue weighted by Crippen LogP contribution is 2.08. The molecule has 17 heavy (non-hydrogen) atoms. The molecule has 2 rings (SSSR count). The first-order chi connectivity index (χ1) is 8.06. The minimum Gasteiger partial charge on any atom is -0.459 e. The Morgan fingerprint density at radius 2 is 2.29 bits per heavy atom.